The third kappa shape index (κ3) is 2.14. The van der Waals surface area contributed by atoms with E-state index in [1.54, 1.807) is 0 Å². The van der Waals surface area contributed by atoms with Gasteiger partial charge in [0, 0.05) is 6.54 Å². The Labute approximate surface area is 100 Å². The summed E-state index contributed by atoms with van der Waals surface area (Å²) >= 11 is 0. The molecule has 2 aliphatic heterocycles. The van der Waals surface area contributed by atoms with Gasteiger partial charge in [-0.25, -0.2) is 0 Å². The third-order valence-electron chi connectivity index (χ3n) is 1.92. The van der Waals surface area contributed by atoms with E-state index in [1.165, 1.54) is 33.7 Å². The van der Waals surface area contributed by atoms with E-state index in [4.69, 9.17) is 0 Å². The number of fused-ring (bicyclic) bond motifs is 1. The lowest BCUT2D eigenvalue weighted by Crippen LogP contribution is -2.26. The summed E-state index contributed by atoms with van der Waals surface area (Å²) in [5.74, 6) is -1.06. The van der Waals surface area contributed by atoms with Gasteiger partial charge in [-0.2, -0.15) is 4.99 Å². The van der Waals surface area contributed by atoms with E-state index in [9.17, 15) is 9.90 Å². The molecule has 0 atom stereocenters. The lowest BCUT2D eigenvalue weighted by atomic mass is 10.4. The number of nitrogens with zero attached hydrogens (tertiary/aromatic N) is 3. The first-order valence-electron chi connectivity index (χ1n) is 4.53. The second-order valence-electron chi connectivity index (χ2n) is 2.97. The molecule has 0 aromatic heterocycles. The maximum Gasteiger partial charge on any atom is 0.314 e. The van der Waals surface area contributed by atoms with E-state index in [1.807, 2.05) is 4.90 Å². The molecule has 0 bridgehead atoms. The van der Waals surface area contributed by atoms with Crippen molar-refractivity contribution >= 4 is 37.8 Å². The van der Waals surface area contributed by atoms with E-state index in [0.29, 0.717) is 5.17 Å². The molecule has 1 saturated heterocycles. The Kier molecular flexibility index (Phi) is 3.35. The fourth-order valence-corrected chi connectivity index (χ4v) is 3.46. The van der Waals surface area contributed by atoms with Crippen molar-refractivity contribution in [1.29, 1.82) is 0 Å². The molecule has 2 heterocycles. The lowest BCUT2D eigenvalue weighted by molar-refractivity contribution is -0.116. The molecule has 1 N–H and O–H groups in total. The van der Waals surface area contributed by atoms with Gasteiger partial charge in [0.15, 0.2) is 16.1 Å². The minimum absolute atomic E-state index is 0.405. The highest BCUT2D eigenvalue weighted by Crippen LogP contribution is 2.38. The Morgan fingerprint density at radius 1 is 1.62 bits per heavy atom. The van der Waals surface area contributed by atoms with Crippen molar-refractivity contribution in [1.82, 2.24) is 4.90 Å². The van der Waals surface area contributed by atoms with E-state index in [-0.39, 0.29) is 0 Å². The zero-order chi connectivity index (χ0) is 11.5. The van der Waals surface area contributed by atoms with Crippen molar-refractivity contribution in [3.63, 3.8) is 0 Å². The molecule has 16 heavy (non-hydrogen) atoms. The van der Waals surface area contributed by atoms with Gasteiger partial charge in [0.05, 0.1) is 6.54 Å². The molecule has 0 aliphatic carbocycles. The van der Waals surface area contributed by atoms with Crippen LogP contribution in [0.2, 0.25) is 0 Å². The van der Waals surface area contributed by atoms with Gasteiger partial charge in [-0.1, -0.05) is 12.7 Å². The summed E-state index contributed by atoms with van der Waals surface area (Å²) in [6.07, 6.45) is 2.56. The van der Waals surface area contributed by atoms with Crippen LogP contribution in [0.1, 0.15) is 0 Å². The van der Waals surface area contributed by atoms with Crippen LogP contribution in [-0.4, -0.2) is 39.3 Å². The van der Waals surface area contributed by atoms with Gasteiger partial charge in [0.25, 0.3) is 0 Å². The van der Waals surface area contributed by atoms with Crippen LogP contribution in [0.5, 0.6) is 0 Å². The van der Waals surface area contributed by atoms with Crippen LogP contribution in [0.4, 0.5) is 0 Å². The molecular weight excluding hydrogens is 246 g/mol. The predicted molar refractivity (Wildman–Crippen MR) is 67.5 cm³/mol. The summed E-state index contributed by atoms with van der Waals surface area (Å²) in [5.41, 5.74) is 0. The molecule has 0 aromatic rings. The zero-order valence-electron chi connectivity index (χ0n) is 8.29. The van der Waals surface area contributed by atoms with Crippen molar-refractivity contribution in [3.8, 4) is 0 Å². The van der Waals surface area contributed by atoms with Gasteiger partial charge < -0.3 is 5.11 Å². The SMILES string of the molecule is C=C/C=C(\O)C(=O)N=C1SSC2=NCCN21. The number of allylic oxidation sites excluding steroid dienone is 2. The van der Waals surface area contributed by atoms with Gasteiger partial charge in [0.2, 0.25) is 0 Å². The van der Waals surface area contributed by atoms with Crippen molar-refractivity contribution < 1.29 is 9.90 Å². The first-order chi connectivity index (χ1) is 7.72. The lowest BCUT2D eigenvalue weighted by Gasteiger charge is -2.08. The Morgan fingerprint density at radius 2 is 2.44 bits per heavy atom. The minimum atomic E-state index is -0.656. The normalized spacial score (nSPS) is 22.2. The molecule has 0 aromatic carbocycles. The summed E-state index contributed by atoms with van der Waals surface area (Å²) in [6, 6.07) is 0. The highest BCUT2D eigenvalue weighted by Gasteiger charge is 2.31. The molecule has 0 spiro atoms. The third-order valence-corrected chi connectivity index (χ3v) is 4.10. The smallest absolute Gasteiger partial charge is 0.314 e. The van der Waals surface area contributed by atoms with Crippen molar-refractivity contribution in [2.75, 3.05) is 13.1 Å². The highest BCUT2D eigenvalue weighted by atomic mass is 33.1. The molecular formula is C9H9N3O2S2. The van der Waals surface area contributed by atoms with E-state index >= 15 is 0 Å². The van der Waals surface area contributed by atoms with E-state index in [0.717, 1.165) is 18.3 Å². The van der Waals surface area contributed by atoms with Crippen LogP contribution in [0.25, 0.3) is 0 Å². The highest BCUT2D eigenvalue weighted by molar-refractivity contribution is 8.88. The molecule has 1 fully saturated rings. The number of carbonyl (C=O) groups is 1. The first-order valence-corrected chi connectivity index (χ1v) is 6.68. The Hall–Kier alpha value is -1.21. The number of rotatable bonds is 2. The first kappa shape index (κ1) is 11.3. The molecule has 7 heteroatoms. The number of amidine groups is 2. The monoisotopic (exact) mass is 255 g/mol. The zero-order valence-corrected chi connectivity index (χ0v) is 9.92. The maximum absolute atomic E-state index is 11.4. The molecule has 0 radical (unpaired) electrons. The van der Waals surface area contributed by atoms with E-state index < -0.39 is 11.7 Å². The van der Waals surface area contributed by atoms with Crippen LogP contribution in [0.15, 0.2) is 34.5 Å². The summed E-state index contributed by atoms with van der Waals surface area (Å²) in [4.78, 5) is 21.4. The number of aliphatic imine (C=N–C) groups is 2. The Morgan fingerprint density at radius 3 is 3.19 bits per heavy atom. The fourth-order valence-electron chi connectivity index (χ4n) is 1.20. The van der Waals surface area contributed by atoms with Crippen LogP contribution in [0.3, 0.4) is 0 Å². The van der Waals surface area contributed by atoms with Crippen molar-refractivity contribution in [2.45, 2.75) is 0 Å². The summed E-state index contributed by atoms with van der Waals surface area (Å²) < 4.78 is 0. The van der Waals surface area contributed by atoms with Crippen LogP contribution >= 0.6 is 21.6 Å². The summed E-state index contributed by atoms with van der Waals surface area (Å²) in [5, 5.41) is 10.7. The topological polar surface area (TPSA) is 65.3 Å². The fraction of sp³-hybridized carbons (Fsp3) is 0.222. The largest absolute Gasteiger partial charge is 0.503 e. The van der Waals surface area contributed by atoms with Gasteiger partial charge in [0.1, 0.15) is 0 Å². The number of amides is 1. The molecule has 1 amide bonds. The average molecular weight is 255 g/mol. The molecule has 2 aliphatic rings. The Balaban J connectivity index is 2.14. The minimum Gasteiger partial charge on any atom is -0.503 e. The van der Waals surface area contributed by atoms with Crippen LogP contribution in [-0.2, 0) is 4.79 Å². The second-order valence-corrected chi connectivity index (χ2v) is 5.03. The number of aliphatic hydroxyl groups is 1. The van der Waals surface area contributed by atoms with Gasteiger partial charge >= 0.3 is 5.91 Å². The predicted octanol–water partition coefficient (Wildman–Crippen LogP) is 1.56. The van der Waals surface area contributed by atoms with Gasteiger partial charge in [-0.15, -0.1) is 0 Å². The quantitative estimate of drug-likeness (QED) is 0.351. The average Bonchev–Trinajstić information content (AvgIpc) is 2.83. The van der Waals surface area contributed by atoms with Crippen molar-refractivity contribution in [3.05, 3.63) is 24.5 Å². The van der Waals surface area contributed by atoms with Gasteiger partial charge in [-0.05, 0) is 27.7 Å². The molecule has 0 unspecified atom stereocenters. The van der Waals surface area contributed by atoms with Crippen LogP contribution < -0.4 is 0 Å². The number of hydrogen-bond donors (Lipinski definition) is 1. The number of carbonyl (C=O) groups excluding carboxylic acids is 1. The van der Waals surface area contributed by atoms with Crippen LogP contribution in [0, 0.1) is 0 Å². The van der Waals surface area contributed by atoms with E-state index in [2.05, 4.69) is 16.6 Å². The molecule has 84 valence electrons. The molecule has 0 saturated carbocycles. The van der Waals surface area contributed by atoms with Gasteiger partial charge in [-0.3, -0.25) is 14.7 Å². The Bertz CT molecular complexity index is 428. The maximum atomic E-state index is 11.4. The van der Waals surface area contributed by atoms with Crippen molar-refractivity contribution in [2.24, 2.45) is 9.98 Å². The summed E-state index contributed by atoms with van der Waals surface area (Å²) in [6.45, 7) is 4.86. The molecule has 5 nitrogen and oxygen atoms in total. The summed E-state index contributed by atoms with van der Waals surface area (Å²) in [7, 11) is 2.85. The number of aliphatic hydroxyl groups excluding tert-OH is 1. The second kappa shape index (κ2) is 4.75. The standard InChI is InChI=1S/C9H9N3O2S2/c1-2-3-6(13)7(14)11-9-12-5-4-10-8(12)15-16-9/h2-3,13H,1,4-5H2/b6-3-,11-9?. The number of hydrogen-bond acceptors (Lipinski definition) is 5. The molecule has 2 rings (SSSR count).